The average molecular weight is 374 g/mol. The minimum absolute atomic E-state index is 0.0154. The summed E-state index contributed by atoms with van der Waals surface area (Å²) in [6.07, 6.45) is 0. The smallest absolute Gasteiger partial charge is 0.387 e. The largest absolute Gasteiger partial charge is 0.432 e. The summed E-state index contributed by atoms with van der Waals surface area (Å²) in [4.78, 5) is -0.390. The van der Waals surface area contributed by atoms with Crippen molar-refractivity contribution in [2.45, 2.75) is 31.0 Å². The zero-order valence-corrected chi connectivity index (χ0v) is 14.1. The maximum absolute atomic E-state index is 13.7. The van der Waals surface area contributed by atoms with Crippen LogP contribution >= 0.6 is 0 Å². The molecule has 2 aromatic carbocycles. The number of hydrogen-bond donors (Lipinski definition) is 2. The molecule has 25 heavy (non-hydrogen) atoms. The summed E-state index contributed by atoms with van der Waals surface area (Å²) in [6, 6.07) is 9.33. The van der Waals surface area contributed by atoms with Crippen molar-refractivity contribution < 1.29 is 26.3 Å². The summed E-state index contributed by atoms with van der Waals surface area (Å²) in [5.74, 6) is -1.91. The lowest BCUT2D eigenvalue weighted by atomic mass is 10.1. The Bertz CT molecular complexity index is 825. The highest BCUT2D eigenvalue weighted by atomic mass is 32.2. The number of nitrogens with one attached hydrogen (secondary N) is 1. The van der Waals surface area contributed by atoms with E-state index in [9.17, 15) is 21.6 Å². The molecule has 0 heterocycles. The first-order valence-corrected chi connectivity index (χ1v) is 8.76. The van der Waals surface area contributed by atoms with Gasteiger partial charge in [-0.2, -0.15) is 8.78 Å². The monoisotopic (exact) mass is 374 g/mol. The van der Waals surface area contributed by atoms with Gasteiger partial charge in [-0.3, -0.25) is 0 Å². The maximum atomic E-state index is 13.7. The molecule has 0 saturated heterocycles. The third-order valence-electron chi connectivity index (χ3n) is 3.40. The molecular weight excluding hydrogens is 357 g/mol. The molecule has 0 fully saturated rings. The number of halogens is 3. The summed E-state index contributed by atoms with van der Waals surface area (Å²) in [6.45, 7) is -1.39. The van der Waals surface area contributed by atoms with Crippen LogP contribution in [0.3, 0.4) is 0 Å². The van der Waals surface area contributed by atoms with E-state index in [1.54, 1.807) is 24.3 Å². The Kier molecular flexibility index (Phi) is 6.04. The molecule has 1 atom stereocenters. The van der Waals surface area contributed by atoms with E-state index in [1.165, 1.54) is 0 Å². The SMILES string of the molecule is CC(N)c1ccc(CNS(=O)(=O)c2ccc(OC(F)F)c(F)c2)cc1. The molecule has 2 rings (SSSR count). The van der Waals surface area contributed by atoms with Gasteiger partial charge in [0.25, 0.3) is 0 Å². The lowest BCUT2D eigenvalue weighted by Crippen LogP contribution is -2.23. The van der Waals surface area contributed by atoms with Crippen LogP contribution in [0.2, 0.25) is 0 Å². The van der Waals surface area contributed by atoms with E-state index in [4.69, 9.17) is 5.73 Å². The van der Waals surface area contributed by atoms with Crippen molar-refractivity contribution in [3.05, 3.63) is 59.4 Å². The first kappa shape index (κ1) is 19.2. The Hall–Kier alpha value is -2.10. The summed E-state index contributed by atoms with van der Waals surface area (Å²) < 4.78 is 68.5. The Morgan fingerprint density at radius 2 is 1.80 bits per heavy atom. The van der Waals surface area contributed by atoms with E-state index in [0.29, 0.717) is 11.6 Å². The van der Waals surface area contributed by atoms with Crippen molar-refractivity contribution in [2.24, 2.45) is 5.73 Å². The Morgan fingerprint density at radius 1 is 1.16 bits per heavy atom. The summed E-state index contributed by atoms with van der Waals surface area (Å²) in [5.41, 5.74) is 7.33. The van der Waals surface area contributed by atoms with Gasteiger partial charge in [0.1, 0.15) is 0 Å². The molecular formula is C16H17F3N2O3S. The minimum atomic E-state index is -4.01. The number of benzene rings is 2. The molecule has 0 amide bonds. The van der Waals surface area contributed by atoms with Crippen LogP contribution in [0.5, 0.6) is 5.75 Å². The first-order chi connectivity index (χ1) is 11.7. The second-order valence-electron chi connectivity index (χ2n) is 5.33. The Labute approximate surface area is 143 Å². The normalized spacial score (nSPS) is 13.0. The van der Waals surface area contributed by atoms with Crippen LogP contribution in [0.1, 0.15) is 24.1 Å². The second kappa shape index (κ2) is 7.85. The molecule has 0 radical (unpaired) electrons. The van der Waals surface area contributed by atoms with E-state index in [-0.39, 0.29) is 17.5 Å². The molecule has 0 saturated carbocycles. The molecule has 9 heteroatoms. The van der Waals surface area contributed by atoms with Gasteiger partial charge >= 0.3 is 6.61 Å². The highest BCUT2D eigenvalue weighted by Crippen LogP contribution is 2.22. The molecule has 0 spiro atoms. The van der Waals surface area contributed by atoms with Crippen molar-refractivity contribution >= 4 is 10.0 Å². The molecule has 0 aliphatic heterocycles. The highest BCUT2D eigenvalue weighted by molar-refractivity contribution is 7.89. The van der Waals surface area contributed by atoms with Crippen LogP contribution in [0.4, 0.5) is 13.2 Å². The van der Waals surface area contributed by atoms with Crippen molar-refractivity contribution in [2.75, 3.05) is 0 Å². The highest BCUT2D eigenvalue weighted by Gasteiger charge is 2.18. The van der Waals surface area contributed by atoms with Gasteiger partial charge in [0.05, 0.1) is 4.90 Å². The number of nitrogens with two attached hydrogens (primary N) is 1. The average Bonchev–Trinajstić information content (AvgIpc) is 2.55. The first-order valence-electron chi connectivity index (χ1n) is 7.27. The molecule has 0 aromatic heterocycles. The fourth-order valence-corrected chi connectivity index (χ4v) is 3.07. The van der Waals surface area contributed by atoms with Gasteiger partial charge < -0.3 is 10.5 Å². The molecule has 0 aliphatic carbocycles. The predicted octanol–water partition coefficient (Wildman–Crippen LogP) is 2.93. The van der Waals surface area contributed by atoms with Crippen LogP contribution < -0.4 is 15.2 Å². The Balaban J connectivity index is 2.09. The zero-order valence-electron chi connectivity index (χ0n) is 13.2. The van der Waals surface area contributed by atoms with Gasteiger partial charge in [-0.05, 0) is 36.2 Å². The van der Waals surface area contributed by atoms with Crippen LogP contribution in [0.25, 0.3) is 0 Å². The van der Waals surface area contributed by atoms with Crippen LogP contribution in [0.15, 0.2) is 47.4 Å². The standard InChI is InChI=1S/C16H17F3N2O3S/c1-10(20)12-4-2-11(3-5-12)9-21-25(22,23)13-6-7-15(14(17)8-13)24-16(18)19/h2-8,10,16,21H,9,20H2,1H3. The topological polar surface area (TPSA) is 81.4 Å². The lowest BCUT2D eigenvalue weighted by Gasteiger charge is -2.10. The van der Waals surface area contributed by atoms with Crippen LogP contribution in [-0.2, 0) is 16.6 Å². The molecule has 2 aromatic rings. The third-order valence-corrected chi connectivity index (χ3v) is 4.80. The second-order valence-corrected chi connectivity index (χ2v) is 7.09. The van der Waals surface area contributed by atoms with E-state index in [2.05, 4.69) is 9.46 Å². The lowest BCUT2D eigenvalue weighted by molar-refractivity contribution is -0.0522. The van der Waals surface area contributed by atoms with E-state index in [0.717, 1.165) is 17.7 Å². The number of rotatable bonds is 7. The van der Waals surface area contributed by atoms with Gasteiger partial charge in [-0.1, -0.05) is 24.3 Å². The van der Waals surface area contributed by atoms with Gasteiger partial charge in [-0.15, -0.1) is 0 Å². The molecule has 1 unspecified atom stereocenters. The third kappa shape index (κ3) is 5.18. The molecule has 5 nitrogen and oxygen atoms in total. The van der Waals surface area contributed by atoms with E-state index < -0.39 is 28.2 Å². The maximum Gasteiger partial charge on any atom is 0.387 e. The fourth-order valence-electron chi connectivity index (χ4n) is 2.04. The van der Waals surface area contributed by atoms with Gasteiger partial charge in [0.2, 0.25) is 10.0 Å². The molecule has 3 N–H and O–H groups in total. The van der Waals surface area contributed by atoms with Gasteiger partial charge in [0.15, 0.2) is 11.6 Å². The van der Waals surface area contributed by atoms with Crippen LogP contribution in [-0.4, -0.2) is 15.0 Å². The summed E-state index contributed by atoms with van der Waals surface area (Å²) in [7, 11) is -4.01. The van der Waals surface area contributed by atoms with E-state index in [1.807, 2.05) is 6.92 Å². The number of alkyl halides is 2. The van der Waals surface area contributed by atoms with Crippen LogP contribution in [0, 0.1) is 5.82 Å². The molecule has 136 valence electrons. The number of sulfonamides is 1. The van der Waals surface area contributed by atoms with E-state index >= 15 is 0 Å². The van der Waals surface area contributed by atoms with Crippen molar-refractivity contribution in [3.63, 3.8) is 0 Å². The summed E-state index contributed by atoms with van der Waals surface area (Å²) >= 11 is 0. The fraction of sp³-hybridized carbons (Fsp3) is 0.250. The van der Waals surface area contributed by atoms with Gasteiger partial charge in [0, 0.05) is 12.6 Å². The molecule has 0 aliphatic rings. The van der Waals surface area contributed by atoms with Crippen molar-refractivity contribution in [1.82, 2.24) is 4.72 Å². The minimum Gasteiger partial charge on any atom is -0.432 e. The Morgan fingerprint density at radius 3 is 2.32 bits per heavy atom. The van der Waals surface area contributed by atoms with Gasteiger partial charge in [-0.25, -0.2) is 17.5 Å². The number of hydrogen-bond acceptors (Lipinski definition) is 4. The summed E-state index contributed by atoms with van der Waals surface area (Å²) in [5, 5.41) is 0. The van der Waals surface area contributed by atoms with Crippen molar-refractivity contribution in [1.29, 1.82) is 0 Å². The zero-order chi connectivity index (χ0) is 18.6. The predicted molar refractivity (Wildman–Crippen MR) is 86.1 cm³/mol. The number of ether oxygens (including phenoxy) is 1. The van der Waals surface area contributed by atoms with Crippen molar-refractivity contribution in [3.8, 4) is 5.75 Å². The quantitative estimate of drug-likeness (QED) is 0.781. The molecule has 0 bridgehead atoms.